The first-order valence-corrected chi connectivity index (χ1v) is 5.35. The maximum absolute atomic E-state index is 10.9. The molecule has 0 aliphatic carbocycles. The van der Waals surface area contributed by atoms with Crippen molar-refractivity contribution in [3.63, 3.8) is 0 Å². The molecule has 0 amide bonds. The molecule has 0 aromatic heterocycles. The van der Waals surface area contributed by atoms with E-state index in [9.17, 15) is 4.79 Å². The van der Waals surface area contributed by atoms with Crippen LogP contribution in [0.5, 0.6) is 0 Å². The highest BCUT2D eigenvalue weighted by atomic mass is 16.1. The van der Waals surface area contributed by atoms with E-state index < -0.39 is 0 Å². The summed E-state index contributed by atoms with van der Waals surface area (Å²) in [4.78, 5) is 13.3. The van der Waals surface area contributed by atoms with Crippen LogP contribution >= 0.6 is 0 Å². The molecule has 0 saturated carbocycles. The van der Waals surface area contributed by atoms with E-state index in [2.05, 4.69) is 25.7 Å². The van der Waals surface area contributed by atoms with Gasteiger partial charge in [-0.05, 0) is 33.4 Å². The van der Waals surface area contributed by atoms with Crippen molar-refractivity contribution in [2.24, 2.45) is 0 Å². The Bertz CT molecular complexity index is 145. The number of nitrogens with zero attached hydrogens (tertiary/aromatic N) is 1. The van der Waals surface area contributed by atoms with Crippen LogP contribution in [0.15, 0.2) is 0 Å². The van der Waals surface area contributed by atoms with Crippen molar-refractivity contribution in [1.29, 1.82) is 0 Å². The Morgan fingerprint density at radius 1 is 1.38 bits per heavy atom. The summed E-state index contributed by atoms with van der Waals surface area (Å²) in [5.74, 6) is 0.294. The molecule has 1 atom stereocenters. The van der Waals surface area contributed by atoms with Crippen molar-refractivity contribution >= 4 is 5.78 Å². The van der Waals surface area contributed by atoms with Gasteiger partial charge in [-0.1, -0.05) is 20.3 Å². The van der Waals surface area contributed by atoms with Crippen molar-refractivity contribution in [2.75, 3.05) is 13.1 Å². The summed E-state index contributed by atoms with van der Waals surface area (Å²) in [5, 5.41) is 0. The molecule has 78 valence electrons. The predicted molar refractivity (Wildman–Crippen MR) is 56.9 cm³/mol. The topological polar surface area (TPSA) is 20.3 Å². The van der Waals surface area contributed by atoms with Crippen LogP contribution in [-0.4, -0.2) is 29.8 Å². The molecule has 0 heterocycles. The number of unbranched alkanes of at least 4 members (excludes halogenated alkanes) is 1. The molecule has 2 heteroatoms. The molecule has 0 radical (unpaired) electrons. The van der Waals surface area contributed by atoms with E-state index in [-0.39, 0.29) is 0 Å². The summed E-state index contributed by atoms with van der Waals surface area (Å²) in [5.41, 5.74) is 0. The van der Waals surface area contributed by atoms with Gasteiger partial charge in [0, 0.05) is 12.5 Å². The molecule has 0 rings (SSSR count). The average Bonchev–Trinajstić information content (AvgIpc) is 2.04. The molecule has 0 spiro atoms. The van der Waals surface area contributed by atoms with E-state index in [1.807, 2.05) is 0 Å². The van der Waals surface area contributed by atoms with Crippen molar-refractivity contribution in [2.45, 2.75) is 53.0 Å². The van der Waals surface area contributed by atoms with Crippen molar-refractivity contribution < 1.29 is 4.79 Å². The summed E-state index contributed by atoms with van der Waals surface area (Å²) in [6.07, 6.45) is 3.15. The predicted octanol–water partition coefficient (Wildman–Crippen LogP) is 2.48. The molecule has 0 aliphatic heterocycles. The molecule has 0 aromatic rings. The average molecular weight is 185 g/mol. The number of rotatable bonds is 7. The summed E-state index contributed by atoms with van der Waals surface area (Å²) < 4.78 is 0. The van der Waals surface area contributed by atoms with Gasteiger partial charge in [-0.2, -0.15) is 0 Å². The Labute approximate surface area is 82.3 Å². The Morgan fingerprint density at radius 3 is 2.38 bits per heavy atom. The molecule has 0 aromatic carbocycles. The van der Waals surface area contributed by atoms with Crippen LogP contribution in [0.4, 0.5) is 0 Å². The highest BCUT2D eigenvalue weighted by molar-refractivity contribution is 5.76. The van der Waals surface area contributed by atoms with E-state index >= 15 is 0 Å². The summed E-state index contributed by atoms with van der Waals surface area (Å²) in [6, 6.07) is 0.411. The number of carbonyl (C=O) groups is 1. The van der Waals surface area contributed by atoms with E-state index in [1.54, 1.807) is 6.92 Å². The third kappa shape index (κ3) is 5.81. The summed E-state index contributed by atoms with van der Waals surface area (Å²) in [6.45, 7) is 10.3. The monoisotopic (exact) mass is 185 g/mol. The van der Waals surface area contributed by atoms with Crippen LogP contribution < -0.4 is 0 Å². The van der Waals surface area contributed by atoms with Gasteiger partial charge < -0.3 is 4.90 Å². The molecule has 1 unspecified atom stereocenters. The smallest absolute Gasteiger partial charge is 0.131 e. The van der Waals surface area contributed by atoms with E-state index in [0.717, 1.165) is 13.1 Å². The number of Topliss-reactive ketones (excluding diaryl/α,β-unsaturated/α-hetero) is 1. The van der Waals surface area contributed by atoms with Gasteiger partial charge in [0.2, 0.25) is 0 Å². The molecule has 2 nitrogen and oxygen atoms in total. The number of ketones is 1. The Morgan fingerprint density at radius 2 is 2.00 bits per heavy atom. The Kier molecular flexibility index (Phi) is 6.87. The second-order valence-electron chi connectivity index (χ2n) is 3.74. The third-order valence-electron chi connectivity index (χ3n) is 2.41. The van der Waals surface area contributed by atoms with E-state index in [4.69, 9.17) is 0 Å². The van der Waals surface area contributed by atoms with Crippen molar-refractivity contribution in [3.05, 3.63) is 0 Å². The molecule has 0 saturated heterocycles. The Balaban J connectivity index is 3.83. The minimum atomic E-state index is 0.294. The number of hydrogen-bond donors (Lipinski definition) is 0. The molecule has 0 bridgehead atoms. The van der Waals surface area contributed by atoms with Gasteiger partial charge in [0.05, 0.1) is 0 Å². The van der Waals surface area contributed by atoms with Gasteiger partial charge in [-0.15, -0.1) is 0 Å². The fourth-order valence-corrected chi connectivity index (χ4v) is 1.60. The lowest BCUT2D eigenvalue weighted by molar-refractivity contribution is -0.118. The zero-order valence-corrected chi connectivity index (χ0v) is 9.47. The molecule has 0 N–H and O–H groups in total. The highest BCUT2D eigenvalue weighted by Crippen LogP contribution is 2.05. The van der Waals surface area contributed by atoms with Gasteiger partial charge in [0.25, 0.3) is 0 Å². The van der Waals surface area contributed by atoms with Gasteiger partial charge >= 0.3 is 0 Å². The Hall–Kier alpha value is -0.370. The molecule has 0 fully saturated rings. The SMILES string of the molecule is CCCCN(CC)C(C)CC(C)=O. The first-order chi connectivity index (χ1) is 6.11. The van der Waals surface area contributed by atoms with Crippen LogP contribution in [0.1, 0.15) is 47.0 Å². The van der Waals surface area contributed by atoms with Crippen LogP contribution in [0, 0.1) is 0 Å². The van der Waals surface area contributed by atoms with Crippen molar-refractivity contribution in [3.8, 4) is 0 Å². The first kappa shape index (κ1) is 12.6. The lowest BCUT2D eigenvalue weighted by Gasteiger charge is -2.26. The zero-order chi connectivity index (χ0) is 10.3. The van der Waals surface area contributed by atoms with Crippen LogP contribution in [0.25, 0.3) is 0 Å². The van der Waals surface area contributed by atoms with Gasteiger partial charge in [0.15, 0.2) is 0 Å². The summed E-state index contributed by atoms with van der Waals surface area (Å²) in [7, 11) is 0. The van der Waals surface area contributed by atoms with Gasteiger partial charge in [-0.25, -0.2) is 0 Å². The second kappa shape index (κ2) is 7.07. The number of carbonyl (C=O) groups excluding carboxylic acids is 1. The fourth-order valence-electron chi connectivity index (χ4n) is 1.60. The number of hydrogen-bond acceptors (Lipinski definition) is 2. The van der Waals surface area contributed by atoms with Crippen LogP contribution in [-0.2, 0) is 4.79 Å². The maximum Gasteiger partial charge on any atom is 0.131 e. The maximum atomic E-state index is 10.9. The minimum Gasteiger partial charge on any atom is -0.300 e. The molecular formula is C11H23NO. The standard InChI is InChI=1S/C11H23NO/c1-5-7-8-12(6-2)10(3)9-11(4)13/h10H,5-9H2,1-4H3. The highest BCUT2D eigenvalue weighted by Gasteiger charge is 2.12. The second-order valence-corrected chi connectivity index (χ2v) is 3.74. The minimum absolute atomic E-state index is 0.294. The van der Waals surface area contributed by atoms with E-state index in [1.165, 1.54) is 12.8 Å². The summed E-state index contributed by atoms with van der Waals surface area (Å²) >= 11 is 0. The van der Waals surface area contributed by atoms with E-state index in [0.29, 0.717) is 18.2 Å². The largest absolute Gasteiger partial charge is 0.300 e. The van der Waals surface area contributed by atoms with Gasteiger partial charge in [0.1, 0.15) is 5.78 Å². The third-order valence-corrected chi connectivity index (χ3v) is 2.41. The first-order valence-electron chi connectivity index (χ1n) is 5.35. The fraction of sp³-hybridized carbons (Fsp3) is 0.909. The zero-order valence-electron chi connectivity index (χ0n) is 9.47. The lowest BCUT2D eigenvalue weighted by Crippen LogP contribution is -2.35. The van der Waals surface area contributed by atoms with Crippen LogP contribution in [0.2, 0.25) is 0 Å². The van der Waals surface area contributed by atoms with Gasteiger partial charge in [-0.3, -0.25) is 4.79 Å². The quantitative estimate of drug-likeness (QED) is 0.607. The van der Waals surface area contributed by atoms with Crippen molar-refractivity contribution in [1.82, 2.24) is 4.90 Å². The normalized spacial score (nSPS) is 13.3. The molecule has 13 heavy (non-hydrogen) atoms. The van der Waals surface area contributed by atoms with Crippen LogP contribution in [0.3, 0.4) is 0 Å². The molecular weight excluding hydrogens is 162 g/mol. The molecule has 0 aliphatic rings. The lowest BCUT2D eigenvalue weighted by atomic mass is 10.1.